The fourth-order valence-corrected chi connectivity index (χ4v) is 2.36. The Bertz CT molecular complexity index is 359. The molecule has 0 bridgehead atoms. The van der Waals surface area contributed by atoms with Crippen molar-refractivity contribution in [3.63, 3.8) is 0 Å². The third-order valence-electron chi connectivity index (χ3n) is 3.13. The summed E-state index contributed by atoms with van der Waals surface area (Å²) in [5.74, 6) is -1.49. The van der Waals surface area contributed by atoms with Crippen molar-refractivity contribution in [2.24, 2.45) is 5.92 Å². The molecule has 0 aromatic rings. The molecule has 5 heteroatoms. The van der Waals surface area contributed by atoms with Gasteiger partial charge in [-0.2, -0.15) is 0 Å². The zero-order valence-electron chi connectivity index (χ0n) is 11.9. The van der Waals surface area contributed by atoms with Gasteiger partial charge in [0.2, 0.25) is 0 Å². The van der Waals surface area contributed by atoms with Crippen LogP contribution in [0.3, 0.4) is 0 Å². The highest BCUT2D eigenvalue weighted by Gasteiger charge is 2.39. The summed E-state index contributed by atoms with van der Waals surface area (Å²) in [4.78, 5) is 24.9. The zero-order valence-corrected chi connectivity index (χ0v) is 11.9. The molecule has 1 heterocycles. The molecule has 0 radical (unpaired) electrons. The highest BCUT2D eigenvalue weighted by molar-refractivity contribution is 5.74. The second kappa shape index (κ2) is 6.08. The molecule has 0 unspecified atom stereocenters. The van der Waals surface area contributed by atoms with Crippen molar-refractivity contribution in [2.75, 3.05) is 6.54 Å². The van der Waals surface area contributed by atoms with Gasteiger partial charge in [-0.1, -0.05) is 6.08 Å². The molecular formula is C14H23NO4. The van der Waals surface area contributed by atoms with E-state index in [1.54, 1.807) is 31.7 Å². The number of aliphatic carboxylic acids is 1. The molecule has 1 fully saturated rings. The molecule has 1 aliphatic rings. The van der Waals surface area contributed by atoms with Gasteiger partial charge in [-0.3, -0.25) is 4.79 Å². The Labute approximate surface area is 114 Å². The molecule has 1 amide bonds. The zero-order chi connectivity index (χ0) is 14.6. The smallest absolute Gasteiger partial charge is 0.410 e. The summed E-state index contributed by atoms with van der Waals surface area (Å²) < 4.78 is 5.33. The van der Waals surface area contributed by atoms with Gasteiger partial charge in [0.25, 0.3) is 0 Å². The topological polar surface area (TPSA) is 66.8 Å². The molecule has 108 valence electrons. The molecule has 0 aromatic heterocycles. The number of hydrogen-bond acceptors (Lipinski definition) is 3. The van der Waals surface area contributed by atoms with Crippen molar-refractivity contribution in [3.8, 4) is 0 Å². The van der Waals surface area contributed by atoms with Crippen LogP contribution in [0.1, 0.15) is 40.0 Å². The van der Waals surface area contributed by atoms with E-state index in [-0.39, 0.29) is 6.04 Å². The number of amides is 1. The number of nitrogens with zero attached hydrogens (tertiary/aromatic N) is 1. The van der Waals surface area contributed by atoms with Crippen LogP contribution in [-0.2, 0) is 9.53 Å². The minimum Gasteiger partial charge on any atom is -0.481 e. The fraction of sp³-hybridized carbons (Fsp3) is 0.714. The van der Waals surface area contributed by atoms with E-state index < -0.39 is 23.6 Å². The molecule has 19 heavy (non-hydrogen) atoms. The third-order valence-corrected chi connectivity index (χ3v) is 3.13. The second-order valence-electron chi connectivity index (χ2n) is 5.85. The monoisotopic (exact) mass is 269 g/mol. The van der Waals surface area contributed by atoms with E-state index >= 15 is 0 Å². The van der Waals surface area contributed by atoms with Gasteiger partial charge < -0.3 is 14.7 Å². The van der Waals surface area contributed by atoms with E-state index in [1.165, 1.54) is 0 Å². The van der Waals surface area contributed by atoms with Gasteiger partial charge >= 0.3 is 12.1 Å². The van der Waals surface area contributed by atoms with Gasteiger partial charge in [-0.25, -0.2) is 4.79 Å². The van der Waals surface area contributed by atoms with Crippen LogP contribution in [0.2, 0.25) is 0 Å². The number of hydrogen-bond donors (Lipinski definition) is 1. The Kier molecular flexibility index (Phi) is 4.97. The van der Waals surface area contributed by atoms with Crippen LogP contribution < -0.4 is 0 Å². The van der Waals surface area contributed by atoms with Crippen molar-refractivity contribution in [1.29, 1.82) is 0 Å². The van der Waals surface area contributed by atoms with E-state index in [1.807, 2.05) is 0 Å². The van der Waals surface area contributed by atoms with E-state index in [9.17, 15) is 14.7 Å². The van der Waals surface area contributed by atoms with Crippen molar-refractivity contribution in [3.05, 3.63) is 12.7 Å². The first-order valence-electron chi connectivity index (χ1n) is 6.59. The molecule has 0 spiro atoms. The van der Waals surface area contributed by atoms with Gasteiger partial charge in [0.1, 0.15) is 5.60 Å². The average molecular weight is 269 g/mol. The SMILES string of the molecule is C=CC[C@@H](C(=O)O)[C@@H]1CCCN1C(=O)OC(C)(C)C. The standard InChI is InChI=1S/C14H23NO4/c1-5-7-10(12(16)17)11-8-6-9-15(11)13(18)19-14(2,3)4/h5,10-11H,1,6-9H2,2-4H3,(H,16,17)/t10-,11+/m1/s1. The molecule has 0 aromatic carbocycles. The number of allylic oxidation sites excluding steroid dienone is 1. The lowest BCUT2D eigenvalue weighted by Gasteiger charge is -2.31. The summed E-state index contributed by atoms with van der Waals surface area (Å²) >= 11 is 0. The summed E-state index contributed by atoms with van der Waals surface area (Å²) in [5, 5.41) is 9.27. The summed E-state index contributed by atoms with van der Waals surface area (Å²) in [6.07, 6.45) is 3.03. The van der Waals surface area contributed by atoms with Gasteiger partial charge in [0, 0.05) is 12.6 Å². The Balaban J connectivity index is 2.80. The van der Waals surface area contributed by atoms with Gasteiger partial charge in [0.15, 0.2) is 0 Å². The molecule has 2 atom stereocenters. The predicted molar refractivity (Wildman–Crippen MR) is 71.9 cm³/mol. The summed E-state index contributed by atoms with van der Waals surface area (Å²) in [5.41, 5.74) is -0.568. The maximum atomic E-state index is 12.1. The lowest BCUT2D eigenvalue weighted by atomic mass is 9.94. The molecule has 1 saturated heterocycles. The van der Waals surface area contributed by atoms with Gasteiger partial charge in [-0.05, 0) is 40.0 Å². The molecule has 1 aliphatic heterocycles. The average Bonchev–Trinajstić information content (AvgIpc) is 2.71. The van der Waals surface area contributed by atoms with E-state index in [0.29, 0.717) is 19.4 Å². The van der Waals surface area contributed by atoms with Crippen molar-refractivity contribution in [2.45, 2.75) is 51.7 Å². The maximum Gasteiger partial charge on any atom is 0.410 e. The van der Waals surface area contributed by atoms with Crippen LogP contribution in [-0.4, -0.2) is 40.3 Å². The first-order valence-corrected chi connectivity index (χ1v) is 6.59. The van der Waals surface area contributed by atoms with E-state index in [4.69, 9.17) is 4.74 Å². The molecule has 1 rings (SSSR count). The quantitative estimate of drug-likeness (QED) is 0.797. The number of carboxylic acids is 1. The summed E-state index contributed by atoms with van der Waals surface area (Å²) in [6, 6.07) is -0.301. The van der Waals surface area contributed by atoms with Crippen molar-refractivity contribution in [1.82, 2.24) is 4.90 Å². The van der Waals surface area contributed by atoms with Crippen molar-refractivity contribution < 1.29 is 19.4 Å². The number of carbonyl (C=O) groups excluding carboxylic acids is 1. The molecular weight excluding hydrogens is 246 g/mol. The fourth-order valence-electron chi connectivity index (χ4n) is 2.36. The second-order valence-corrected chi connectivity index (χ2v) is 5.85. The van der Waals surface area contributed by atoms with Crippen LogP contribution in [0.25, 0.3) is 0 Å². The van der Waals surface area contributed by atoms with Crippen LogP contribution in [0.4, 0.5) is 4.79 Å². The van der Waals surface area contributed by atoms with E-state index in [0.717, 1.165) is 6.42 Å². The van der Waals surface area contributed by atoms with Crippen LogP contribution >= 0.6 is 0 Å². The third kappa shape index (κ3) is 4.26. The Hall–Kier alpha value is -1.52. The van der Waals surface area contributed by atoms with Crippen LogP contribution in [0.15, 0.2) is 12.7 Å². The van der Waals surface area contributed by atoms with Crippen molar-refractivity contribution >= 4 is 12.1 Å². The Morgan fingerprint density at radius 3 is 2.63 bits per heavy atom. The predicted octanol–water partition coefficient (Wildman–Crippen LogP) is 2.66. The first kappa shape index (κ1) is 15.5. The first-order chi connectivity index (χ1) is 8.76. The maximum absolute atomic E-state index is 12.1. The normalized spacial score (nSPS) is 21.0. The van der Waals surface area contributed by atoms with Gasteiger partial charge in [-0.15, -0.1) is 6.58 Å². The lowest BCUT2D eigenvalue weighted by molar-refractivity contribution is -0.143. The van der Waals surface area contributed by atoms with Crippen LogP contribution in [0, 0.1) is 5.92 Å². The summed E-state index contributed by atoms with van der Waals surface area (Å²) in [6.45, 7) is 9.54. The number of carboxylic acid groups (broad SMARTS) is 1. The molecule has 0 saturated carbocycles. The number of ether oxygens (including phenoxy) is 1. The highest BCUT2D eigenvalue weighted by atomic mass is 16.6. The van der Waals surface area contributed by atoms with Crippen LogP contribution in [0.5, 0.6) is 0 Å². The number of likely N-dealkylation sites (tertiary alicyclic amines) is 1. The molecule has 1 N–H and O–H groups in total. The Morgan fingerprint density at radius 1 is 1.53 bits per heavy atom. The highest BCUT2D eigenvalue weighted by Crippen LogP contribution is 2.28. The number of carbonyl (C=O) groups is 2. The largest absolute Gasteiger partial charge is 0.481 e. The van der Waals surface area contributed by atoms with E-state index in [2.05, 4.69) is 6.58 Å². The minimum absolute atomic E-state index is 0.301. The minimum atomic E-state index is -0.889. The molecule has 0 aliphatic carbocycles. The Morgan fingerprint density at radius 2 is 2.16 bits per heavy atom. The number of rotatable bonds is 4. The lowest BCUT2D eigenvalue weighted by Crippen LogP contribution is -2.45. The summed E-state index contributed by atoms with van der Waals surface area (Å²) in [7, 11) is 0. The van der Waals surface area contributed by atoms with Gasteiger partial charge in [0.05, 0.1) is 5.92 Å². The molecule has 5 nitrogen and oxygen atoms in total.